The van der Waals surface area contributed by atoms with Gasteiger partial charge in [0.2, 0.25) is 0 Å². The third-order valence-corrected chi connectivity index (χ3v) is 2.69. The number of aliphatic hydroxyl groups is 1. The molecule has 4 heteroatoms. The summed E-state index contributed by atoms with van der Waals surface area (Å²) in [6.07, 6.45) is 0.141. The Balaban J connectivity index is 2.34. The third-order valence-electron chi connectivity index (χ3n) is 1.72. The fraction of sp³-hybridized carbons (Fsp3) is 0.444. The van der Waals surface area contributed by atoms with Crippen molar-refractivity contribution in [3.8, 4) is 0 Å². The van der Waals surface area contributed by atoms with Gasteiger partial charge < -0.3 is 9.84 Å². The average Bonchev–Trinajstić information content (AvgIpc) is 2.66. The largest absolute Gasteiger partial charge is 0.469 e. The van der Waals surface area contributed by atoms with Crippen LogP contribution in [-0.2, 0) is 9.53 Å². The molecule has 0 amide bonds. The van der Waals surface area contributed by atoms with Crippen LogP contribution >= 0.6 is 11.3 Å². The van der Waals surface area contributed by atoms with Gasteiger partial charge in [-0.2, -0.15) is 0 Å². The van der Waals surface area contributed by atoms with Crippen LogP contribution in [0.1, 0.15) is 23.8 Å². The first-order valence-electron chi connectivity index (χ1n) is 4.02. The number of esters is 1. The first-order valence-corrected chi connectivity index (χ1v) is 4.90. The van der Waals surface area contributed by atoms with Crippen molar-refractivity contribution < 1.29 is 14.6 Å². The van der Waals surface area contributed by atoms with E-state index in [1.54, 1.807) is 0 Å². The molecule has 1 unspecified atom stereocenters. The molecule has 0 bridgehead atoms. The Morgan fingerprint density at radius 1 is 1.77 bits per heavy atom. The minimum atomic E-state index is -0.543. The molecule has 72 valence electrons. The molecule has 0 aliphatic carbocycles. The number of rotatable bonds is 4. The van der Waals surface area contributed by atoms with Crippen molar-refractivity contribution >= 4 is 17.3 Å². The van der Waals surface area contributed by atoms with Crippen LogP contribution in [-0.4, -0.2) is 18.2 Å². The van der Waals surface area contributed by atoms with E-state index in [2.05, 4.69) is 4.74 Å². The number of carbonyl (C=O) groups excluding carboxylic acids is 1. The number of hydrogen-bond acceptors (Lipinski definition) is 4. The smallest absolute Gasteiger partial charge is 0.305 e. The molecule has 0 radical (unpaired) electrons. The second-order valence-corrected chi connectivity index (χ2v) is 3.63. The maximum atomic E-state index is 10.8. The number of hydrogen-bond donors (Lipinski definition) is 1. The molecule has 1 aromatic rings. The summed E-state index contributed by atoms with van der Waals surface area (Å²) in [6.45, 7) is 0. The van der Waals surface area contributed by atoms with E-state index in [1.807, 2.05) is 17.5 Å². The molecule has 1 heterocycles. The minimum Gasteiger partial charge on any atom is -0.469 e. The number of methoxy groups -OCH3 is 1. The zero-order valence-corrected chi connectivity index (χ0v) is 8.21. The zero-order valence-electron chi connectivity index (χ0n) is 7.40. The van der Waals surface area contributed by atoms with Gasteiger partial charge in [0.15, 0.2) is 0 Å². The molecule has 3 nitrogen and oxygen atoms in total. The van der Waals surface area contributed by atoms with Gasteiger partial charge in [-0.3, -0.25) is 4.79 Å². The molecule has 0 saturated carbocycles. The summed E-state index contributed by atoms with van der Waals surface area (Å²) in [7, 11) is 1.35. The van der Waals surface area contributed by atoms with E-state index in [0.717, 1.165) is 4.88 Å². The van der Waals surface area contributed by atoms with Crippen molar-refractivity contribution in [2.24, 2.45) is 0 Å². The Hall–Kier alpha value is -0.870. The summed E-state index contributed by atoms with van der Waals surface area (Å²) in [5.74, 6) is -0.282. The summed E-state index contributed by atoms with van der Waals surface area (Å²) >= 11 is 1.49. The van der Waals surface area contributed by atoms with Gasteiger partial charge in [0.1, 0.15) is 0 Å². The quantitative estimate of drug-likeness (QED) is 0.753. The van der Waals surface area contributed by atoms with Crippen molar-refractivity contribution in [1.82, 2.24) is 0 Å². The fourth-order valence-corrected chi connectivity index (χ4v) is 1.73. The van der Waals surface area contributed by atoms with Gasteiger partial charge >= 0.3 is 5.97 Å². The first-order chi connectivity index (χ1) is 6.24. The second-order valence-electron chi connectivity index (χ2n) is 2.65. The van der Waals surface area contributed by atoms with Crippen molar-refractivity contribution in [3.63, 3.8) is 0 Å². The predicted molar refractivity (Wildman–Crippen MR) is 50.5 cm³/mol. The summed E-state index contributed by atoms with van der Waals surface area (Å²) in [6, 6.07) is 3.73. The van der Waals surface area contributed by atoms with Crippen LogP contribution in [0.25, 0.3) is 0 Å². The van der Waals surface area contributed by atoms with Crippen LogP contribution in [0.4, 0.5) is 0 Å². The second kappa shape index (κ2) is 4.99. The number of aliphatic hydroxyl groups excluding tert-OH is 1. The molecule has 0 aromatic carbocycles. The van der Waals surface area contributed by atoms with Gasteiger partial charge in [0.05, 0.1) is 13.2 Å². The van der Waals surface area contributed by atoms with E-state index in [4.69, 9.17) is 0 Å². The van der Waals surface area contributed by atoms with E-state index in [-0.39, 0.29) is 12.4 Å². The summed E-state index contributed by atoms with van der Waals surface area (Å²) in [5, 5.41) is 11.5. The highest BCUT2D eigenvalue weighted by Crippen LogP contribution is 2.22. The zero-order chi connectivity index (χ0) is 9.68. The lowest BCUT2D eigenvalue weighted by molar-refractivity contribution is -0.141. The Labute approximate surface area is 81.0 Å². The standard InChI is InChI=1S/C9H12O3S/c1-12-9(11)5-4-7(10)8-3-2-6-13-8/h2-3,6-7,10H,4-5H2,1H3. The van der Waals surface area contributed by atoms with Crippen molar-refractivity contribution in [1.29, 1.82) is 0 Å². The monoisotopic (exact) mass is 200 g/mol. The van der Waals surface area contributed by atoms with Crippen LogP contribution in [0.15, 0.2) is 17.5 Å². The molecule has 13 heavy (non-hydrogen) atoms. The Morgan fingerprint density at radius 3 is 3.08 bits per heavy atom. The normalized spacial score (nSPS) is 12.5. The first kappa shape index (κ1) is 10.2. The van der Waals surface area contributed by atoms with Crippen LogP contribution < -0.4 is 0 Å². The molecule has 1 atom stereocenters. The van der Waals surface area contributed by atoms with E-state index < -0.39 is 6.10 Å². The Kier molecular flexibility index (Phi) is 3.92. The summed E-state index contributed by atoms with van der Waals surface area (Å²) < 4.78 is 4.47. The van der Waals surface area contributed by atoms with Crippen LogP contribution in [0.2, 0.25) is 0 Å². The molecule has 0 aliphatic rings. The van der Waals surface area contributed by atoms with Crippen molar-refractivity contribution in [2.75, 3.05) is 7.11 Å². The minimum absolute atomic E-state index is 0.259. The highest BCUT2D eigenvalue weighted by atomic mass is 32.1. The molecule has 0 saturated heterocycles. The highest BCUT2D eigenvalue weighted by molar-refractivity contribution is 7.10. The lowest BCUT2D eigenvalue weighted by Gasteiger charge is -2.06. The molecule has 0 aliphatic heterocycles. The van der Waals surface area contributed by atoms with E-state index in [9.17, 15) is 9.90 Å². The maximum Gasteiger partial charge on any atom is 0.305 e. The van der Waals surface area contributed by atoms with Gasteiger partial charge in [0.25, 0.3) is 0 Å². The fourth-order valence-electron chi connectivity index (χ4n) is 0.980. The van der Waals surface area contributed by atoms with Crippen LogP contribution in [0, 0.1) is 0 Å². The lowest BCUT2D eigenvalue weighted by Crippen LogP contribution is -2.03. The van der Waals surface area contributed by atoms with E-state index >= 15 is 0 Å². The van der Waals surface area contributed by atoms with Crippen LogP contribution in [0.5, 0.6) is 0 Å². The molecule has 1 N–H and O–H groups in total. The van der Waals surface area contributed by atoms with Gasteiger partial charge in [-0.05, 0) is 17.9 Å². The Morgan fingerprint density at radius 2 is 2.54 bits per heavy atom. The molecule has 0 spiro atoms. The van der Waals surface area contributed by atoms with Crippen molar-refractivity contribution in [3.05, 3.63) is 22.4 Å². The topological polar surface area (TPSA) is 46.5 Å². The number of thiophene rings is 1. The predicted octanol–water partition coefficient (Wildman–Crippen LogP) is 1.73. The van der Waals surface area contributed by atoms with E-state index in [0.29, 0.717) is 6.42 Å². The average molecular weight is 200 g/mol. The molecular weight excluding hydrogens is 188 g/mol. The molecule has 0 fully saturated rings. The highest BCUT2D eigenvalue weighted by Gasteiger charge is 2.10. The summed E-state index contributed by atoms with van der Waals surface area (Å²) in [4.78, 5) is 11.6. The van der Waals surface area contributed by atoms with E-state index in [1.165, 1.54) is 18.4 Å². The van der Waals surface area contributed by atoms with Gasteiger partial charge in [-0.15, -0.1) is 11.3 Å². The summed E-state index contributed by atoms with van der Waals surface area (Å²) in [5.41, 5.74) is 0. The van der Waals surface area contributed by atoms with Gasteiger partial charge in [-0.1, -0.05) is 6.07 Å². The molecular formula is C9H12O3S. The van der Waals surface area contributed by atoms with Crippen LogP contribution in [0.3, 0.4) is 0 Å². The third kappa shape index (κ3) is 3.16. The number of ether oxygens (including phenoxy) is 1. The Bertz CT molecular complexity index is 256. The maximum absolute atomic E-state index is 10.8. The molecule has 1 aromatic heterocycles. The van der Waals surface area contributed by atoms with Crippen molar-refractivity contribution in [2.45, 2.75) is 18.9 Å². The molecule has 1 rings (SSSR count). The SMILES string of the molecule is COC(=O)CCC(O)c1cccs1. The lowest BCUT2D eigenvalue weighted by atomic mass is 10.2. The number of carbonyl (C=O) groups is 1. The van der Waals surface area contributed by atoms with Gasteiger partial charge in [0, 0.05) is 11.3 Å². The van der Waals surface area contributed by atoms with Gasteiger partial charge in [-0.25, -0.2) is 0 Å².